The number of carbonyl (C=O) groups is 1. The van der Waals surface area contributed by atoms with Gasteiger partial charge in [0.2, 0.25) is 0 Å². The maximum atomic E-state index is 12.4. The average Bonchev–Trinajstić information content (AvgIpc) is 2.70. The maximum absolute atomic E-state index is 12.4. The first-order chi connectivity index (χ1) is 13.9. The minimum absolute atomic E-state index is 0.0573. The molecule has 0 unspecified atom stereocenters. The van der Waals surface area contributed by atoms with Gasteiger partial charge in [0.25, 0.3) is 5.91 Å². The molecular weight excluding hydrogens is 366 g/mol. The summed E-state index contributed by atoms with van der Waals surface area (Å²) in [5.41, 5.74) is 2.77. The highest BCUT2D eigenvalue weighted by Gasteiger charge is 2.10. The van der Waals surface area contributed by atoms with Crippen molar-refractivity contribution in [3.8, 4) is 5.75 Å². The molecule has 1 heterocycles. The van der Waals surface area contributed by atoms with Gasteiger partial charge in [-0.2, -0.15) is 0 Å². The molecule has 2 N–H and O–H groups in total. The van der Waals surface area contributed by atoms with Crippen LogP contribution in [0.4, 0.5) is 22.9 Å². The maximum Gasteiger partial charge on any atom is 0.276 e. The van der Waals surface area contributed by atoms with Crippen molar-refractivity contribution in [2.24, 2.45) is 0 Å². The zero-order valence-electron chi connectivity index (χ0n) is 17.0. The molecule has 0 spiro atoms. The Bertz CT molecular complexity index is 954. The molecule has 0 aliphatic carbocycles. The van der Waals surface area contributed by atoms with E-state index in [0.717, 1.165) is 17.1 Å². The van der Waals surface area contributed by atoms with Crippen LogP contribution in [0.3, 0.4) is 0 Å². The van der Waals surface area contributed by atoms with E-state index in [0.29, 0.717) is 11.5 Å². The first-order valence-electron chi connectivity index (χ1n) is 9.37. The molecule has 0 atom stereocenters. The van der Waals surface area contributed by atoms with Crippen molar-refractivity contribution in [2.75, 3.05) is 29.6 Å². The smallest absolute Gasteiger partial charge is 0.276 e. The monoisotopic (exact) mass is 391 g/mol. The number of rotatable bonds is 7. The summed E-state index contributed by atoms with van der Waals surface area (Å²) in [6.45, 7) is 3.94. The van der Waals surface area contributed by atoms with Crippen LogP contribution in [0, 0.1) is 0 Å². The molecule has 1 aromatic heterocycles. The first-order valence-corrected chi connectivity index (χ1v) is 9.37. The summed E-state index contributed by atoms with van der Waals surface area (Å²) in [6, 6.07) is 18.5. The summed E-state index contributed by atoms with van der Waals surface area (Å²) in [6.07, 6.45) is 0.0573. The second-order valence-electron chi connectivity index (χ2n) is 6.99. The Morgan fingerprint density at radius 1 is 0.966 bits per heavy atom. The van der Waals surface area contributed by atoms with Crippen molar-refractivity contribution in [2.45, 2.75) is 20.0 Å². The molecule has 29 heavy (non-hydrogen) atoms. The van der Waals surface area contributed by atoms with E-state index >= 15 is 0 Å². The van der Waals surface area contributed by atoms with E-state index in [1.165, 1.54) is 0 Å². The third-order valence-electron chi connectivity index (χ3n) is 4.05. The number of hydrogen-bond donors (Lipinski definition) is 2. The van der Waals surface area contributed by atoms with Gasteiger partial charge in [-0.05, 0) is 62.4 Å². The number of nitrogens with one attached hydrogen (secondary N) is 2. The lowest BCUT2D eigenvalue weighted by molar-refractivity contribution is 0.102. The van der Waals surface area contributed by atoms with Crippen LogP contribution in [0.1, 0.15) is 24.3 Å². The van der Waals surface area contributed by atoms with Gasteiger partial charge in [0, 0.05) is 25.5 Å². The summed E-state index contributed by atoms with van der Waals surface area (Å²) in [4.78, 5) is 14.4. The molecular formula is C22H25N5O2. The lowest BCUT2D eigenvalue weighted by Crippen LogP contribution is -2.15. The van der Waals surface area contributed by atoms with Gasteiger partial charge in [-0.25, -0.2) is 0 Å². The lowest BCUT2D eigenvalue weighted by atomic mass is 10.2. The third kappa shape index (κ3) is 5.44. The van der Waals surface area contributed by atoms with Crippen molar-refractivity contribution in [1.29, 1.82) is 0 Å². The second-order valence-corrected chi connectivity index (χ2v) is 6.99. The minimum Gasteiger partial charge on any atom is -0.489 e. The largest absolute Gasteiger partial charge is 0.489 e. The number of amides is 1. The van der Waals surface area contributed by atoms with Crippen LogP contribution in [0.5, 0.6) is 5.75 Å². The van der Waals surface area contributed by atoms with E-state index in [-0.39, 0.29) is 17.7 Å². The molecule has 2 aromatic carbocycles. The standard InChI is InChI=1S/C22H25N5O2/c1-15(2)29-20-8-6-5-7-18(20)24-21-14-13-19(25-26-21)22(28)23-16-9-11-17(12-10-16)27(3)4/h5-15H,1-4H3,(H,23,28)(H,24,26). The molecule has 0 aliphatic rings. The number of nitrogens with zero attached hydrogens (tertiary/aromatic N) is 3. The average molecular weight is 391 g/mol. The predicted molar refractivity (Wildman–Crippen MR) is 116 cm³/mol. The highest BCUT2D eigenvalue weighted by molar-refractivity contribution is 6.02. The number of hydrogen-bond acceptors (Lipinski definition) is 6. The van der Waals surface area contributed by atoms with Crippen LogP contribution in [-0.2, 0) is 0 Å². The van der Waals surface area contributed by atoms with E-state index in [1.807, 2.05) is 81.4 Å². The predicted octanol–water partition coefficient (Wildman–Crippen LogP) is 4.33. The SMILES string of the molecule is CC(C)Oc1ccccc1Nc1ccc(C(=O)Nc2ccc(N(C)C)cc2)nn1. The summed E-state index contributed by atoms with van der Waals surface area (Å²) < 4.78 is 5.79. The summed E-state index contributed by atoms with van der Waals surface area (Å²) in [5.74, 6) is 0.939. The molecule has 0 radical (unpaired) electrons. The number of anilines is 4. The van der Waals surface area contributed by atoms with E-state index in [2.05, 4.69) is 20.8 Å². The molecule has 7 nitrogen and oxygen atoms in total. The highest BCUT2D eigenvalue weighted by Crippen LogP contribution is 2.27. The van der Waals surface area contributed by atoms with Crippen LogP contribution in [0.15, 0.2) is 60.7 Å². The molecule has 7 heteroatoms. The Hall–Kier alpha value is -3.61. The van der Waals surface area contributed by atoms with E-state index in [9.17, 15) is 4.79 Å². The quantitative estimate of drug-likeness (QED) is 0.624. The lowest BCUT2D eigenvalue weighted by Gasteiger charge is -2.15. The van der Waals surface area contributed by atoms with Gasteiger partial charge in [-0.15, -0.1) is 10.2 Å². The van der Waals surface area contributed by atoms with Crippen molar-refractivity contribution < 1.29 is 9.53 Å². The van der Waals surface area contributed by atoms with E-state index in [1.54, 1.807) is 12.1 Å². The molecule has 3 aromatic rings. The number of para-hydroxylation sites is 2. The summed E-state index contributed by atoms with van der Waals surface area (Å²) in [5, 5.41) is 14.1. The molecule has 150 valence electrons. The number of ether oxygens (including phenoxy) is 1. The van der Waals surface area contributed by atoms with Crippen LogP contribution in [-0.4, -0.2) is 36.3 Å². The van der Waals surface area contributed by atoms with Gasteiger partial charge >= 0.3 is 0 Å². The zero-order chi connectivity index (χ0) is 20.8. The molecule has 0 saturated carbocycles. The molecule has 0 saturated heterocycles. The van der Waals surface area contributed by atoms with Gasteiger partial charge in [-0.1, -0.05) is 12.1 Å². The highest BCUT2D eigenvalue weighted by atomic mass is 16.5. The Labute approximate surface area is 170 Å². The van der Waals surface area contributed by atoms with E-state index < -0.39 is 0 Å². The normalized spacial score (nSPS) is 10.5. The van der Waals surface area contributed by atoms with Gasteiger partial charge in [0.05, 0.1) is 11.8 Å². The fourth-order valence-corrected chi connectivity index (χ4v) is 2.62. The van der Waals surface area contributed by atoms with Crippen molar-refractivity contribution >= 4 is 28.8 Å². The minimum atomic E-state index is -0.315. The number of carbonyl (C=O) groups excluding carboxylic acids is 1. The molecule has 0 aliphatic heterocycles. The third-order valence-corrected chi connectivity index (χ3v) is 4.05. The summed E-state index contributed by atoms with van der Waals surface area (Å²) >= 11 is 0. The molecule has 0 bridgehead atoms. The Kier molecular flexibility index (Phi) is 6.29. The Balaban J connectivity index is 1.66. The van der Waals surface area contributed by atoms with Crippen LogP contribution in [0.25, 0.3) is 0 Å². The fraction of sp³-hybridized carbons (Fsp3) is 0.227. The molecule has 3 rings (SSSR count). The van der Waals surface area contributed by atoms with Crippen LogP contribution >= 0.6 is 0 Å². The Morgan fingerprint density at radius 3 is 2.31 bits per heavy atom. The van der Waals surface area contributed by atoms with Gasteiger partial charge in [0.1, 0.15) is 5.75 Å². The first kappa shape index (κ1) is 20.1. The molecule has 0 fully saturated rings. The fourth-order valence-electron chi connectivity index (χ4n) is 2.62. The van der Waals surface area contributed by atoms with Crippen molar-refractivity contribution in [3.05, 3.63) is 66.4 Å². The topological polar surface area (TPSA) is 79.4 Å². The summed E-state index contributed by atoms with van der Waals surface area (Å²) in [7, 11) is 3.93. The van der Waals surface area contributed by atoms with Crippen LogP contribution in [0.2, 0.25) is 0 Å². The van der Waals surface area contributed by atoms with Crippen molar-refractivity contribution in [1.82, 2.24) is 10.2 Å². The van der Waals surface area contributed by atoms with Gasteiger partial charge in [-0.3, -0.25) is 4.79 Å². The zero-order valence-corrected chi connectivity index (χ0v) is 17.0. The van der Waals surface area contributed by atoms with Crippen LogP contribution < -0.4 is 20.3 Å². The van der Waals surface area contributed by atoms with Gasteiger partial charge in [0.15, 0.2) is 11.5 Å². The second kappa shape index (κ2) is 9.05. The number of aromatic nitrogens is 2. The van der Waals surface area contributed by atoms with Gasteiger partial charge < -0.3 is 20.3 Å². The van der Waals surface area contributed by atoms with Crippen molar-refractivity contribution in [3.63, 3.8) is 0 Å². The number of benzene rings is 2. The van der Waals surface area contributed by atoms with E-state index in [4.69, 9.17) is 4.74 Å². The molecule has 1 amide bonds. The Morgan fingerprint density at radius 2 is 1.69 bits per heavy atom.